The molecule has 1 aromatic heterocycles. The van der Waals surface area contributed by atoms with Crippen LogP contribution >= 0.6 is 11.6 Å². The van der Waals surface area contributed by atoms with E-state index in [9.17, 15) is 9.59 Å². The van der Waals surface area contributed by atoms with E-state index in [0.717, 1.165) is 32.5 Å². The first-order valence-corrected chi connectivity index (χ1v) is 13.4. The standard InChI is InChI=1S/C32H27ClN4O2/c33-25-11-15-27(16-12-25)37-32(39)29-8-4-3-7-28(29)30(35-37)31(38)34-26-13-9-22(10-14-26)17-19-36-20-18-23-5-1-2-6-24(23)21-36/h1-16H,17-21H2,(H,34,38). The van der Waals surface area contributed by atoms with Crippen molar-refractivity contribution in [3.8, 4) is 5.69 Å². The van der Waals surface area contributed by atoms with Crippen molar-refractivity contribution < 1.29 is 4.79 Å². The van der Waals surface area contributed by atoms with E-state index in [0.29, 0.717) is 27.2 Å². The van der Waals surface area contributed by atoms with Crippen molar-refractivity contribution in [2.24, 2.45) is 0 Å². The van der Waals surface area contributed by atoms with Crippen molar-refractivity contribution in [3.05, 3.63) is 135 Å². The van der Waals surface area contributed by atoms with Crippen LogP contribution in [0.15, 0.2) is 102 Å². The van der Waals surface area contributed by atoms with Crippen LogP contribution in [-0.4, -0.2) is 33.7 Å². The molecule has 0 spiro atoms. The van der Waals surface area contributed by atoms with Gasteiger partial charge in [0.1, 0.15) is 0 Å². The normalized spacial score (nSPS) is 13.3. The van der Waals surface area contributed by atoms with E-state index in [-0.39, 0.29) is 17.2 Å². The summed E-state index contributed by atoms with van der Waals surface area (Å²) in [7, 11) is 0. The molecular formula is C32H27ClN4O2. The van der Waals surface area contributed by atoms with Crippen LogP contribution in [-0.2, 0) is 19.4 Å². The van der Waals surface area contributed by atoms with Gasteiger partial charge in [0, 0.05) is 35.7 Å². The highest BCUT2D eigenvalue weighted by Gasteiger charge is 2.18. The molecule has 1 aliphatic rings. The molecule has 39 heavy (non-hydrogen) atoms. The Bertz CT molecular complexity index is 1710. The van der Waals surface area contributed by atoms with Crippen molar-refractivity contribution in [1.82, 2.24) is 14.7 Å². The second kappa shape index (κ2) is 10.8. The molecule has 0 bridgehead atoms. The van der Waals surface area contributed by atoms with Gasteiger partial charge in [0.2, 0.25) is 0 Å². The van der Waals surface area contributed by atoms with Gasteiger partial charge in [-0.25, -0.2) is 0 Å². The number of carbonyl (C=O) groups is 1. The van der Waals surface area contributed by atoms with Crippen LogP contribution < -0.4 is 10.9 Å². The Labute approximate surface area is 231 Å². The average Bonchev–Trinajstić information content (AvgIpc) is 2.97. The Balaban J connectivity index is 1.18. The van der Waals surface area contributed by atoms with Gasteiger partial charge in [-0.2, -0.15) is 9.78 Å². The van der Waals surface area contributed by atoms with E-state index in [1.807, 2.05) is 24.3 Å². The molecule has 6 nitrogen and oxygen atoms in total. The smallest absolute Gasteiger partial charge is 0.279 e. The van der Waals surface area contributed by atoms with E-state index in [1.54, 1.807) is 48.5 Å². The molecule has 4 aromatic carbocycles. The number of halogens is 1. The summed E-state index contributed by atoms with van der Waals surface area (Å²) in [5.74, 6) is -0.381. The zero-order valence-electron chi connectivity index (χ0n) is 21.3. The maximum absolute atomic E-state index is 13.4. The van der Waals surface area contributed by atoms with Crippen LogP contribution in [0.4, 0.5) is 5.69 Å². The number of nitrogens with zero attached hydrogens (tertiary/aromatic N) is 3. The number of fused-ring (bicyclic) bond motifs is 2. The Morgan fingerprint density at radius 2 is 1.54 bits per heavy atom. The number of hydrogen-bond acceptors (Lipinski definition) is 4. The first-order valence-electron chi connectivity index (χ1n) is 13.0. The van der Waals surface area contributed by atoms with Crippen LogP contribution in [0.5, 0.6) is 0 Å². The van der Waals surface area contributed by atoms with Crippen LogP contribution in [0, 0.1) is 0 Å². The molecular weight excluding hydrogens is 508 g/mol. The molecule has 0 fully saturated rings. The van der Waals surface area contributed by atoms with E-state index in [2.05, 4.69) is 39.6 Å². The highest BCUT2D eigenvalue weighted by atomic mass is 35.5. The lowest BCUT2D eigenvalue weighted by Crippen LogP contribution is -2.32. The number of hydrogen-bond donors (Lipinski definition) is 1. The highest BCUT2D eigenvalue weighted by molar-refractivity contribution is 6.30. The molecule has 5 aromatic rings. The second-order valence-electron chi connectivity index (χ2n) is 9.78. The zero-order chi connectivity index (χ0) is 26.8. The Morgan fingerprint density at radius 1 is 0.846 bits per heavy atom. The molecule has 1 aliphatic heterocycles. The predicted molar refractivity (Wildman–Crippen MR) is 156 cm³/mol. The molecule has 0 saturated heterocycles. The Morgan fingerprint density at radius 3 is 2.31 bits per heavy atom. The fourth-order valence-corrected chi connectivity index (χ4v) is 5.22. The minimum atomic E-state index is -0.381. The van der Waals surface area contributed by atoms with Gasteiger partial charge in [0.05, 0.1) is 11.1 Å². The van der Waals surface area contributed by atoms with Gasteiger partial charge in [0.15, 0.2) is 5.69 Å². The third-order valence-corrected chi connectivity index (χ3v) is 7.48. The van der Waals surface area contributed by atoms with Gasteiger partial charge in [-0.3, -0.25) is 14.5 Å². The maximum atomic E-state index is 13.4. The van der Waals surface area contributed by atoms with Gasteiger partial charge in [-0.15, -0.1) is 0 Å². The summed E-state index contributed by atoms with van der Waals surface area (Å²) in [5.41, 5.74) is 5.17. The molecule has 6 rings (SSSR count). The van der Waals surface area contributed by atoms with Crippen molar-refractivity contribution in [1.29, 1.82) is 0 Å². The molecule has 0 saturated carbocycles. The van der Waals surface area contributed by atoms with Gasteiger partial charge in [-0.05, 0) is 72.0 Å². The van der Waals surface area contributed by atoms with E-state index < -0.39 is 0 Å². The summed E-state index contributed by atoms with van der Waals surface area (Å²) in [6.45, 7) is 3.05. The molecule has 7 heteroatoms. The van der Waals surface area contributed by atoms with Gasteiger partial charge in [0.25, 0.3) is 11.5 Å². The van der Waals surface area contributed by atoms with E-state index >= 15 is 0 Å². The molecule has 1 N–H and O–H groups in total. The summed E-state index contributed by atoms with van der Waals surface area (Å²) in [5, 5.41) is 8.88. The van der Waals surface area contributed by atoms with Crippen molar-refractivity contribution >= 4 is 34.0 Å². The van der Waals surface area contributed by atoms with Gasteiger partial charge < -0.3 is 5.32 Å². The first kappa shape index (κ1) is 25.0. The molecule has 2 heterocycles. The minimum absolute atomic E-state index is 0.176. The summed E-state index contributed by atoms with van der Waals surface area (Å²) in [6.07, 6.45) is 2.03. The van der Waals surface area contributed by atoms with Gasteiger partial charge >= 0.3 is 0 Å². The Kier molecular flexibility index (Phi) is 6.97. The fraction of sp³-hybridized carbons (Fsp3) is 0.156. The molecule has 0 atom stereocenters. The zero-order valence-corrected chi connectivity index (χ0v) is 22.1. The summed E-state index contributed by atoms with van der Waals surface area (Å²) >= 11 is 6.02. The van der Waals surface area contributed by atoms with E-state index in [1.165, 1.54) is 21.4 Å². The molecule has 1 amide bonds. The molecule has 0 unspecified atom stereocenters. The number of aromatic nitrogens is 2. The minimum Gasteiger partial charge on any atom is -0.321 e. The summed E-state index contributed by atoms with van der Waals surface area (Å²) in [4.78, 5) is 29.0. The quantitative estimate of drug-likeness (QED) is 0.295. The van der Waals surface area contributed by atoms with Crippen LogP contribution in [0.2, 0.25) is 5.02 Å². The molecule has 194 valence electrons. The van der Waals surface area contributed by atoms with Crippen molar-refractivity contribution in [2.45, 2.75) is 19.4 Å². The van der Waals surface area contributed by atoms with Crippen LogP contribution in [0.25, 0.3) is 16.5 Å². The monoisotopic (exact) mass is 534 g/mol. The maximum Gasteiger partial charge on any atom is 0.279 e. The number of anilines is 1. The lowest BCUT2D eigenvalue weighted by Gasteiger charge is -2.28. The topological polar surface area (TPSA) is 67.2 Å². The SMILES string of the molecule is O=C(Nc1ccc(CCN2CCc3ccccc3C2)cc1)c1nn(-c2ccc(Cl)cc2)c(=O)c2ccccc12. The second-order valence-corrected chi connectivity index (χ2v) is 10.2. The number of benzene rings is 4. The van der Waals surface area contributed by atoms with Crippen molar-refractivity contribution in [2.75, 3.05) is 18.4 Å². The van der Waals surface area contributed by atoms with Crippen LogP contribution in [0.1, 0.15) is 27.2 Å². The molecule has 0 aliphatic carbocycles. The average molecular weight is 535 g/mol. The van der Waals surface area contributed by atoms with Crippen LogP contribution in [0.3, 0.4) is 0 Å². The summed E-state index contributed by atoms with van der Waals surface area (Å²) in [6, 6.07) is 30.4. The Hall–Kier alpha value is -4.26. The number of nitrogens with one attached hydrogen (secondary N) is 1. The van der Waals surface area contributed by atoms with E-state index in [4.69, 9.17) is 11.6 Å². The van der Waals surface area contributed by atoms with Gasteiger partial charge in [-0.1, -0.05) is 66.2 Å². The largest absolute Gasteiger partial charge is 0.321 e. The fourth-order valence-electron chi connectivity index (χ4n) is 5.09. The number of amides is 1. The number of carbonyl (C=O) groups excluding carboxylic acids is 1. The molecule has 0 radical (unpaired) electrons. The van der Waals surface area contributed by atoms with Crippen molar-refractivity contribution in [3.63, 3.8) is 0 Å². The third kappa shape index (κ3) is 5.35. The number of rotatable bonds is 6. The highest BCUT2D eigenvalue weighted by Crippen LogP contribution is 2.21. The lowest BCUT2D eigenvalue weighted by atomic mass is 9.99. The lowest BCUT2D eigenvalue weighted by molar-refractivity contribution is 0.102. The first-order chi connectivity index (χ1) is 19.0. The summed E-state index contributed by atoms with van der Waals surface area (Å²) < 4.78 is 1.25. The third-order valence-electron chi connectivity index (χ3n) is 7.23. The predicted octanol–water partition coefficient (Wildman–Crippen LogP) is 5.89.